The molecule has 144 valence electrons. The van der Waals surface area contributed by atoms with Gasteiger partial charge < -0.3 is 4.84 Å². The summed E-state index contributed by atoms with van der Waals surface area (Å²) >= 11 is 0. The second kappa shape index (κ2) is 6.03. The molecule has 10 heteroatoms. The molecule has 0 saturated heterocycles. The van der Waals surface area contributed by atoms with Crippen molar-refractivity contribution >= 4 is 37.9 Å². The lowest BCUT2D eigenvalue weighted by atomic mass is 10.0. The predicted molar refractivity (Wildman–Crippen MR) is 104 cm³/mol. The fraction of sp³-hybridized carbons (Fsp3) is 0. The van der Waals surface area contributed by atoms with E-state index in [0.29, 0.717) is 33.4 Å². The number of hydrogen-bond acceptors (Lipinski definition) is 9. The minimum absolute atomic E-state index is 0.0881. The summed E-state index contributed by atoms with van der Waals surface area (Å²) < 4.78 is 28.5. The van der Waals surface area contributed by atoms with E-state index in [0.717, 1.165) is 10.9 Å². The first-order valence-electron chi connectivity index (χ1n) is 8.36. The van der Waals surface area contributed by atoms with Gasteiger partial charge in [0.1, 0.15) is 0 Å². The molecule has 0 amide bonds. The Balaban J connectivity index is 1.83. The molecule has 1 aliphatic rings. The first kappa shape index (κ1) is 17.6. The molecule has 1 aliphatic carbocycles. The van der Waals surface area contributed by atoms with E-state index < -0.39 is 16.1 Å². The second-order valence-electron chi connectivity index (χ2n) is 6.45. The quantitative estimate of drug-likeness (QED) is 0.428. The molecular weight excluding hydrogens is 396 g/mol. The van der Waals surface area contributed by atoms with Gasteiger partial charge in [-0.05, 0) is 35.7 Å². The molecule has 0 unspecified atom stereocenters. The first-order chi connectivity index (χ1) is 13.9. The smallest absolute Gasteiger partial charge is 0.356 e. The zero-order valence-corrected chi connectivity index (χ0v) is 15.4. The van der Waals surface area contributed by atoms with E-state index in [1.165, 1.54) is 18.2 Å². The highest BCUT2D eigenvalue weighted by atomic mass is 32.2. The Morgan fingerprint density at radius 2 is 1.66 bits per heavy atom. The van der Waals surface area contributed by atoms with Crippen LogP contribution in [0.25, 0.3) is 44.3 Å². The monoisotopic (exact) mass is 408 g/mol. The molecule has 1 heterocycles. The molecule has 29 heavy (non-hydrogen) atoms. The van der Waals surface area contributed by atoms with Crippen LogP contribution in [0.15, 0.2) is 53.4 Å². The van der Waals surface area contributed by atoms with Crippen LogP contribution in [0.5, 0.6) is 0 Å². The van der Waals surface area contributed by atoms with E-state index >= 15 is 0 Å². The molecule has 0 aliphatic heterocycles. The molecule has 5 rings (SSSR count). The summed E-state index contributed by atoms with van der Waals surface area (Å²) in [5.41, 5.74) is 3.78. The molecule has 0 bridgehead atoms. The number of carbonyl (C=O) groups is 1. The summed E-state index contributed by atoms with van der Waals surface area (Å²) in [6.45, 7) is 0. The van der Waals surface area contributed by atoms with Gasteiger partial charge in [-0.25, -0.2) is 14.8 Å². The zero-order chi connectivity index (χ0) is 20.3. The third-order valence-corrected chi connectivity index (χ3v) is 5.95. The number of nitrogens with two attached hydrogens (primary N) is 2. The Labute approximate surface area is 163 Å². The van der Waals surface area contributed by atoms with E-state index in [9.17, 15) is 13.2 Å². The van der Waals surface area contributed by atoms with E-state index in [1.54, 1.807) is 18.2 Å². The maximum Gasteiger partial charge on any atom is 0.356 e. The zero-order valence-electron chi connectivity index (χ0n) is 14.6. The van der Waals surface area contributed by atoms with Crippen molar-refractivity contribution in [2.45, 2.75) is 4.90 Å². The summed E-state index contributed by atoms with van der Waals surface area (Å²) in [4.78, 5) is 25.2. The average Bonchev–Trinajstić information content (AvgIpc) is 3.05. The van der Waals surface area contributed by atoms with Crippen molar-refractivity contribution in [3.63, 3.8) is 0 Å². The third-order valence-electron chi connectivity index (χ3n) is 4.88. The van der Waals surface area contributed by atoms with Gasteiger partial charge in [-0.1, -0.05) is 18.2 Å². The van der Waals surface area contributed by atoms with Crippen molar-refractivity contribution in [1.29, 1.82) is 0 Å². The van der Waals surface area contributed by atoms with Gasteiger partial charge in [-0.2, -0.15) is 24.5 Å². The minimum Gasteiger partial charge on any atom is -0.370 e. The molecule has 0 saturated carbocycles. The largest absolute Gasteiger partial charge is 0.370 e. The fourth-order valence-corrected chi connectivity index (χ4v) is 4.25. The summed E-state index contributed by atoms with van der Waals surface area (Å²) in [7, 11) is -4.11. The minimum atomic E-state index is -4.11. The summed E-state index contributed by atoms with van der Waals surface area (Å²) in [5.74, 6) is 9.20. The van der Waals surface area contributed by atoms with Crippen LogP contribution in [0.4, 0.5) is 0 Å². The van der Waals surface area contributed by atoms with Crippen molar-refractivity contribution in [2.75, 3.05) is 0 Å². The molecule has 0 fully saturated rings. The highest BCUT2D eigenvalue weighted by molar-refractivity contribution is 7.86. The van der Waals surface area contributed by atoms with Gasteiger partial charge in [0.2, 0.25) is 0 Å². The lowest BCUT2D eigenvalue weighted by molar-refractivity contribution is 0.0503. The lowest BCUT2D eigenvalue weighted by Crippen LogP contribution is -2.11. The standard InChI is InChI=1S/C19H12N4O5S/c20-27-19(24)10-4-5-14-15(7-10)23-18-13-8-11(29(25,26)28-21)6-9-2-1-3-12(16(9)13)17(18)22-14/h1-8H,20-21H2. The summed E-state index contributed by atoms with van der Waals surface area (Å²) in [6.07, 6.45) is 0. The highest BCUT2D eigenvalue weighted by Gasteiger charge is 2.28. The van der Waals surface area contributed by atoms with Crippen LogP contribution in [-0.2, 0) is 19.2 Å². The van der Waals surface area contributed by atoms with Crippen LogP contribution in [-0.4, -0.2) is 24.4 Å². The summed E-state index contributed by atoms with van der Waals surface area (Å²) in [6, 6.07) is 13.2. The van der Waals surface area contributed by atoms with E-state index in [2.05, 4.69) is 19.1 Å². The summed E-state index contributed by atoms with van der Waals surface area (Å²) in [5, 5.41) is 1.52. The van der Waals surface area contributed by atoms with Crippen molar-refractivity contribution in [3.8, 4) is 22.5 Å². The molecule has 4 aromatic rings. The van der Waals surface area contributed by atoms with E-state index in [4.69, 9.17) is 11.8 Å². The predicted octanol–water partition coefficient (Wildman–Crippen LogP) is 2.04. The van der Waals surface area contributed by atoms with Gasteiger partial charge in [-0.3, -0.25) is 0 Å². The molecule has 4 N–H and O–H groups in total. The number of rotatable bonds is 3. The SMILES string of the molecule is NOC(=O)c1ccc2nc3c(nc2c1)-c1cc(S(=O)(=O)ON)cc2cccc-3c12. The van der Waals surface area contributed by atoms with Gasteiger partial charge in [0.25, 0.3) is 0 Å². The Morgan fingerprint density at radius 3 is 2.41 bits per heavy atom. The molecule has 0 spiro atoms. The van der Waals surface area contributed by atoms with Gasteiger partial charge >= 0.3 is 16.1 Å². The second-order valence-corrected chi connectivity index (χ2v) is 8.03. The molecule has 1 aromatic heterocycles. The Kier molecular flexibility index (Phi) is 3.67. The fourth-order valence-electron chi connectivity index (χ4n) is 3.61. The van der Waals surface area contributed by atoms with Crippen molar-refractivity contribution < 1.29 is 22.3 Å². The number of nitrogens with zero attached hydrogens (tertiary/aromatic N) is 2. The topological polar surface area (TPSA) is 147 Å². The third kappa shape index (κ3) is 2.51. The van der Waals surface area contributed by atoms with Crippen LogP contribution >= 0.6 is 0 Å². The van der Waals surface area contributed by atoms with Gasteiger partial charge in [0.05, 0.1) is 32.9 Å². The highest BCUT2D eigenvalue weighted by Crippen LogP contribution is 2.46. The maximum atomic E-state index is 12.2. The van der Waals surface area contributed by atoms with Crippen molar-refractivity contribution in [2.24, 2.45) is 11.8 Å². The number of carbonyl (C=O) groups excluding carboxylic acids is 1. The lowest BCUT2D eigenvalue weighted by Gasteiger charge is -2.07. The van der Waals surface area contributed by atoms with E-state index in [-0.39, 0.29) is 10.5 Å². The number of fused-ring (bicyclic) bond motifs is 4. The van der Waals surface area contributed by atoms with Crippen LogP contribution < -0.4 is 11.8 Å². The normalized spacial score (nSPS) is 12.3. The van der Waals surface area contributed by atoms with Gasteiger partial charge in [0.15, 0.2) is 0 Å². The average molecular weight is 408 g/mol. The molecule has 0 atom stereocenters. The van der Waals surface area contributed by atoms with Crippen LogP contribution in [0.1, 0.15) is 10.4 Å². The van der Waals surface area contributed by atoms with Crippen LogP contribution in [0, 0.1) is 0 Å². The Morgan fingerprint density at radius 1 is 0.897 bits per heavy atom. The number of hydrogen-bond donors (Lipinski definition) is 2. The molecule has 0 radical (unpaired) electrons. The first-order valence-corrected chi connectivity index (χ1v) is 9.77. The Hall–Kier alpha value is -3.44. The van der Waals surface area contributed by atoms with Gasteiger partial charge in [0, 0.05) is 16.5 Å². The molecule has 9 nitrogen and oxygen atoms in total. The van der Waals surface area contributed by atoms with Crippen LogP contribution in [0.2, 0.25) is 0 Å². The maximum absolute atomic E-state index is 12.2. The molecular formula is C19H12N4O5S. The van der Waals surface area contributed by atoms with Crippen LogP contribution in [0.3, 0.4) is 0 Å². The van der Waals surface area contributed by atoms with Gasteiger partial charge in [-0.15, -0.1) is 0 Å². The molecule has 3 aromatic carbocycles. The van der Waals surface area contributed by atoms with E-state index in [1.807, 2.05) is 12.1 Å². The van der Waals surface area contributed by atoms with Crippen molar-refractivity contribution in [3.05, 3.63) is 54.1 Å². The Bertz CT molecular complexity index is 1470. The van der Waals surface area contributed by atoms with Crippen molar-refractivity contribution in [1.82, 2.24) is 9.97 Å². The number of aromatic nitrogens is 2. The number of benzene rings is 3.